The summed E-state index contributed by atoms with van der Waals surface area (Å²) in [5.74, 6) is -5.95. The molecule has 0 rings (SSSR count). The highest BCUT2D eigenvalue weighted by atomic mass is 32.1. The lowest BCUT2D eigenvalue weighted by molar-refractivity contribution is -0.210. The first-order chi connectivity index (χ1) is 10.5. The molecule has 2 atom stereocenters. The number of halogens is 3. The van der Waals surface area contributed by atoms with E-state index in [-0.39, 0.29) is 0 Å². The van der Waals surface area contributed by atoms with Crippen molar-refractivity contribution in [2.45, 2.75) is 25.3 Å². The molecule has 0 spiro atoms. The number of nitrogens with two attached hydrogens (primary N) is 1. The van der Waals surface area contributed by atoms with Gasteiger partial charge in [0, 0.05) is 6.92 Å². The monoisotopic (exact) mass is 360 g/mol. The van der Waals surface area contributed by atoms with Gasteiger partial charge in [-0.15, -0.1) is 0 Å². The van der Waals surface area contributed by atoms with Crippen LogP contribution < -0.4 is 11.1 Å². The van der Waals surface area contributed by atoms with Crippen molar-refractivity contribution in [1.82, 2.24) is 5.32 Å². The number of carbonyl (C=O) groups excluding carboxylic acids is 4. The number of alkyl halides is 3. The molecular weight excluding hydrogens is 345 g/mol. The van der Waals surface area contributed by atoms with Crippen molar-refractivity contribution in [3.05, 3.63) is 0 Å². The van der Waals surface area contributed by atoms with Crippen LogP contribution >= 0.6 is 12.6 Å². The number of ketones is 1. The predicted octanol–water partition coefficient (Wildman–Crippen LogP) is -1.03. The van der Waals surface area contributed by atoms with Gasteiger partial charge in [-0.25, -0.2) is 4.79 Å². The summed E-state index contributed by atoms with van der Waals surface area (Å²) in [6.07, 6.45) is -9.09. The number of amides is 1. The molecule has 0 aromatic rings. The lowest BCUT2D eigenvalue weighted by Gasteiger charge is -2.25. The summed E-state index contributed by atoms with van der Waals surface area (Å²) in [6, 6.07) is 0. The standard InChI is InChI=1S/C11H15F3N2O6S/c1-5(17)21-7(3-16-8(19)2-15)9(6(18)4-23)22-10(20)11(12,13)14/h7,9,23H,2-4,15H2,1H3,(H,16,19). The van der Waals surface area contributed by atoms with Gasteiger partial charge in [-0.05, 0) is 0 Å². The van der Waals surface area contributed by atoms with Gasteiger partial charge in [-0.3, -0.25) is 14.4 Å². The van der Waals surface area contributed by atoms with Crippen molar-refractivity contribution >= 4 is 36.3 Å². The van der Waals surface area contributed by atoms with Crippen molar-refractivity contribution in [2.24, 2.45) is 5.73 Å². The van der Waals surface area contributed by atoms with Gasteiger partial charge in [0.25, 0.3) is 0 Å². The third kappa shape index (κ3) is 7.83. The predicted molar refractivity (Wildman–Crippen MR) is 72.4 cm³/mol. The lowest BCUT2D eigenvalue weighted by atomic mass is 10.1. The molecule has 0 bridgehead atoms. The number of esters is 2. The van der Waals surface area contributed by atoms with Crippen LogP contribution in [0.5, 0.6) is 0 Å². The quantitative estimate of drug-likeness (QED) is 0.373. The van der Waals surface area contributed by atoms with Crippen LogP contribution in [0.4, 0.5) is 13.2 Å². The summed E-state index contributed by atoms with van der Waals surface area (Å²) in [7, 11) is 0. The topological polar surface area (TPSA) is 125 Å². The zero-order valence-corrected chi connectivity index (χ0v) is 12.8. The zero-order chi connectivity index (χ0) is 18.2. The Bertz CT molecular complexity index is 471. The molecule has 0 saturated heterocycles. The van der Waals surface area contributed by atoms with Gasteiger partial charge in [0.15, 0.2) is 18.0 Å². The summed E-state index contributed by atoms with van der Waals surface area (Å²) in [6.45, 7) is -0.100. The molecular formula is C11H15F3N2O6S. The number of nitrogens with one attached hydrogen (secondary N) is 1. The second kappa shape index (κ2) is 9.35. The largest absolute Gasteiger partial charge is 0.490 e. The second-order valence-electron chi connectivity index (χ2n) is 4.10. The van der Waals surface area contributed by atoms with Crippen LogP contribution in [-0.2, 0) is 28.7 Å². The number of thiol groups is 1. The Balaban J connectivity index is 5.29. The Morgan fingerprint density at radius 1 is 1.22 bits per heavy atom. The van der Waals surface area contributed by atoms with E-state index in [0.29, 0.717) is 0 Å². The minimum Gasteiger partial charge on any atom is -0.456 e. The Morgan fingerprint density at radius 3 is 2.17 bits per heavy atom. The molecule has 0 aliphatic carbocycles. The maximum atomic E-state index is 12.3. The number of Topliss-reactive ketones (excluding diaryl/α,β-unsaturated/α-hetero) is 1. The molecule has 0 heterocycles. The molecule has 23 heavy (non-hydrogen) atoms. The van der Waals surface area contributed by atoms with Crippen LogP contribution in [0.25, 0.3) is 0 Å². The van der Waals surface area contributed by atoms with Crippen molar-refractivity contribution in [1.29, 1.82) is 0 Å². The van der Waals surface area contributed by atoms with Crippen LogP contribution in [0, 0.1) is 0 Å². The van der Waals surface area contributed by atoms with Gasteiger partial charge in [0.2, 0.25) is 5.91 Å². The smallest absolute Gasteiger partial charge is 0.456 e. The fourth-order valence-corrected chi connectivity index (χ4v) is 1.51. The highest BCUT2D eigenvalue weighted by Gasteiger charge is 2.45. The Labute approximate surface area is 134 Å². The molecule has 0 saturated carbocycles. The summed E-state index contributed by atoms with van der Waals surface area (Å²) in [4.78, 5) is 44.7. The first kappa shape index (κ1) is 21.2. The van der Waals surface area contributed by atoms with Crippen LogP contribution in [0.3, 0.4) is 0 Å². The fourth-order valence-electron chi connectivity index (χ4n) is 1.33. The second-order valence-corrected chi connectivity index (χ2v) is 4.42. The molecule has 12 heteroatoms. The van der Waals surface area contributed by atoms with Crippen LogP contribution in [0.1, 0.15) is 6.92 Å². The normalized spacial score (nSPS) is 13.7. The van der Waals surface area contributed by atoms with Gasteiger partial charge in [0.1, 0.15) is 0 Å². The number of hydrogen-bond acceptors (Lipinski definition) is 8. The molecule has 0 aromatic heterocycles. The summed E-state index contributed by atoms with van der Waals surface area (Å²) >= 11 is 3.59. The SMILES string of the molecule is CC(=O)OC(CNC(=O)CN)C(OC(=O)C(F)(F)F)C(=O)CS. The van der Waals surface area contributed by atoms with E-state index >= 15 is 0 Å². The molecule has 132 valence electrons. The molecule has 0 aliphatic heterocycles. The third-order valence-corrected chi connectivity index (χ3v) is 2.59. The first-order valence-corrected chi connectivity index (χ1v) is 6.71. The highest BCUT2D eigenvalue weighted by Crippen LogP contribution is 2.19. The third-order valence-electron chi connectivity index (χ3n) is 2.28. The number of carbonyl (C=O) groups is 4. The average molecular weight is 360 g/mol. The van der Waals surface area contributed by atoms with E-state index in [1.54, 1.807) is 0 Å². The van der Waals surface area contributed by atoms with E-state index in [2.05, 4.69) is 27.4 Å². The van der Waals surface area contributed by atoms with Crippen molar-refractivity contribution < 1.29 is 41.8 Å². The average Bonchev–Trinajstić information content (AvgIpc) is 2.46. The molecule has 0 fully saturated rings. The molecule has 0 aromatic carbocycles. The molecule has 0 radical (unpaired) electrons. The van der Waals surface area contributed by atoms with Gasteiger partial charge >= 0.3 is 18.1 Å². The summed E-state index contributed by atoms with van der Waals surface area (Å²) < 4.78 is 45.5. The summed E-state index contributed by atoms with van der Waals surface area (Å²) in [5, 5.41) is 2.12. The zero-order valence-electron chi connectivity index (χ0n) is 11.9. The molecule has 3 N–H and O–H groups in total. The van der Waals surface area contributed by atoms with Gasteiger partial charge in [-0.1, -0.05) is 0 Å². The minimum absolute atomic E-state index is 0.444. The maximum absolute atomic E-state index is 12.3. The number of ether oxygens (including phenoxy) is 2. The number of hydrogen-bond donors (Lipinski definition) is 3. The fraction of sp³-hybridized carbons (Fsp3) is 0.636. The highest BCUT2D eigenvalue weighted by molar-refractivity contribution is 7.81. The molecule has 0 aliphatic rings. The van der Waals surface area contributed by atoms with Gasteiger partial charge in [0.05, 0.1) is 18.8 Å². The van der Waals surface area contributed by atoms with Crippen molar-refractivity contribution in [3.63, 3.8) is 0 Å². The molecule has 8 nitrogen and oxygen atoms in total. The van der Waals surface area contributed by atoms with Gasteiger partial charge < -0.3 is 20.5 Å². The Hall–Kier alpha value is -1.82. The molecule has 1 amide bonds. The van der Waals surface area contributed by atoms with Crippen LogP contribution in [-0.4, -0.2) is 60.9 Å². The van der Waals surface area contributed by atoms with Gasteiger partial charge in [-0.2, -0.15) is 25.8 Å². The van der Waals surface area contributed by atoms with E-state index < -0.39 is 60.9 Å². The van der Waals surface area contributed by atoms with E-state index in [9.17, 15) is 32.3 Å². The Morgan fingerprint density at radius 2 is 1.78 bits per heavy atom. The van der Waals surface area contributed by atoms with Crippen molar-refractivity contribution in [2.75, 3.05) is 18.8 Å². The van der Waals surface area contributed by atoms with Crippen LogP contribution in [0.15, 0.2) is 0 Å². The van der Waals surface area contributed by atoms with Crippen LogP contribution in [0.2, 0.25) is 0 Å². The van der Waals surface area contributed by atoms with E-state index in [1.165, 1.54) is 0 Å². The first-order valence-electron chi connectivity index (χ1n) is 6.08. The van der Waals surface area contributed by atoms with E-state index in [0.717, 1.165) is 6.92 Å². The molecule has 2 unspecified atom stereocenters. The Kier molecular flexibility index (Phi) is 8.61. The van der Waals surface area contributed by atoms with E-state index in [1.807, 2.05) is 0 Å². The minimum atomic E-state index is -5.35. The van der Waals surface area contributed by atoms with E-state index in [4.69, 9.17) is 5.73 Å². The summed E-state index contributed by atoms with van der Waals surface area (Å²) in [5.41, 5.74) is 5.03. The lowest BCUT2D eigenvalue weighted by Crippen LogP contribution is -2.49. The maximum Gasteiger partial charge on any atom is 0.490 e. The van der Waals surface area contributed by atoms with Crippen molar-refractivity contribution in [3.8, 4) is 0 Å². The number of rotatable bonds is 8.